The molecule has 2 fully saturated rings. The van der Waals surface area contributed by atoms with Gasteiger partial charge in [0, 0.05) is 44.6 Å². The van der Waals surface area contributed by atoms with Gasteiger partial charge in [-0.2, -0.15) is 5.26 Å². The Hall–Kier alpha value is -2.34. The van der Waals surface area contributed by atoms with Gasteiger partial charge in [-0.1, -0.05) is 0 Å². The van der Waals surface area contributed by atoms with Crippen LogP contribution in [0, 0.1) is 23.2 Å². The van der Waals surface area contributed by atoms with Crippen LogP contribution in [0.2, 0.25) is 0 Å². The lowest BCUT2D eigenvalue weighted by Crippen LogP contribution is -2.61. The zero-order valence-electron chi connectivity index (χ0n) is 16.0. The van der Waals surface area contributed by atoms with E-state index >= 15 is 0 Å². The first-order valence-electron chi connectivity index (χ1n) is 9.63. The second kappa shape index (κ2) is 9.24. The van der Waals surface area contributed by atoms with Gasteiger partial charge < -0.3 is 24.6 Å². The van der Waals surface area contributed by atoms with Crippen molar-refractivity contribution in [2.75, 3.05) is 45.9 Å². The first-order chi connectivity index (χ1) is 13.5. The van der Waals surface area contributed by atoms with Crippen molar-refractivity contribution in [3.63, 3.8) is 0 Å². The fourth-order valence-electron chi connectivity index (χ4n) is 3.99. The molecule has 2 aliphatic heterocycles. The number of carbonyl (C=O) groups is 1. The van der Waals surface area contributed by atoms with E-state index in [9.17, 15) is 15.0 Å². The van der Waals surface area contributed by atoms with Crippen molar-refractivity contribution >= 4 is 6.09 Å². The summed E-state index contributed by atoms with van der Waals surface area (Å²) in [5.74, 6) is 0.501. The molecule has 3 unspecified atom stereocenters. The summed E-state index contributed by atoms with van der Waals surface area (Å²) < 4.78 is 10.7. The number of β-amino-alcohol motifs (C(OH)–C–C–N with tert-alkyl or cyclic N) is 1. The number of piperidine rings is 2. The van der Waals surface area contributed by atoms with E-state index in [-0.39, 0.29) is 24.5 Å². The zero-order valence-corrected chi connectivity index (χ0v) is 16.0. The molecule has 8 heteroatoms. The largest absolute Gasteiger partial charge is 0.491 e. The number of likely N-dealkylation sites (tertiary alicyclic amines) is 2. The Bertz CT molecular complexity index is 689. The fraction of sp³-hybridized carbons (Fsp3) is 0.600. The van der Waals surface area contributed by atoms with Crippen molar-refractivity contribution in [2.24, 2.45) is 11.8 Å². The number of amides is 1. The molecule has 0 aliphatic carbocycles. The zero-order chi connectivity index (χ0) is 20.1. The minimum absolute atomic E-state index is 0.0523. The van der Waals surface area contributed by atoms with Gasteiger partial charge in [0.25, 0.3) is 0 Å². The van der Waals surface area contributed by atoms with Crippen molar-refractivity contribution in [2.45, 2.75) is 19.1 Å². The number of hydrogen-bond donors (Lipinski definition) is 2. The number of ether oxygens (including phenoxy) is 2. The number of aliphatic hydroxyl groups excluding tert-OH is 2. The molecule has 2 heterocycles. The van der Waals surface area contributed by atoms with Gasteiger partial charge in [-0.05, 0) is 31.2 Å². The molecule has 2 saturated heterocycles. The summed E-state index contributed by atoms with van der Waals surface area (Å²) in [5.41, 5.74) is 0.558. The van der Waals surface area contributed by atoms with Gasteiger partial charge in [-0.3, -0.25) is 4.90 Å². The Labute approximate surface area is 164 Å². The summed E-state index contributed by atoms with van der Waals surface area (Å²) in [6.45, 7) is 4.86. The summed E-state index contributed by atoms with van der Waals surface area (Å²) in [6.07, 6.45) is -1.43. The van der Waals surface area contributed by atoms with Crippen LogP contribution in [0.25, 0.3) is 0 Å². The molecule has 3 rings (SSSR count). The Morgan fingerprint density at radius 2 is 1.89 bits per heavy atom. The molecule has 1 aromatic carbocycles. The highest BCUT2D eigenvalue weighted by atomic mass is 16.6. The number of rotatable bonds is 6. The summed E-state index contributed by atoms with van der Waals surface area (Å²) in [7, 11) is 0. The minimum atomic E-state index is -0.673. The van der Waals surface area contributed by atoms with Crippen LogP contribution in [-0.4, -0.2) is 84.3 Å². The quantitative estimate of drug-likeness (QED) is 0.737. The van der Waals surface area contributed by atoms with E-state index < -0.39 is 12.2 Å². The van der Waals surface area contributed by atoms with Gasteiger partial charge in [0.15, 0.2) is 0 Å². The van der Waals surface area contributed by atoms with Crippen molar-refractivity contribution in [3.05, 3.63) is 29.8 Å². The molecule has 1 aromatic rings. The van der Waals surface area contributed by atoms with Gasteiger partial charge in [-0.15, -0.1) is 0 Å². The monoisotopic (exact) mass is 389 g/mol. The van der Waals surface area contributed by atoms with E-state index in [0.29, 0.717) is 50.6 Å². The molecular formula is C20H27N3O5. The summed E-state index contributed by atoms with van der Waals surface area (Å²) >= 11 is 0. The smallest absolute Gasteiger partial charge is 0.409 e. The van der Waals surface area contributed by atoms with Gasteiger partial charge >= 0.3 is 6.09 Å². The number of nitrogens with zero attached hydrogens (tertiary/aromatic N) is 3. The maximum absolute atomic E-state index is 12.0. The molecule has 0 aromatic heterocycles. The van der Waals surface area contributed by atoms with Crippen LogP contribution in [0.4, 0.5) is 4.79 Å². The first kappa shape index (κ1) is 20.4. The van der Waals surface area contributed by atoms with Crippen LogP contribution in [0.5, 0.6) is 5.75 Å². The second-order valence-electron chi connectivity index (χ2n) is 7.43. The lowest BCUT2D eigenvalue weighted by atomic mass is 9.81. The molecule has 0 saturated carbocycles. The van der Waals surface area contributed by atoms with Crippen molar-refractivity contribution in [1.29, 1.82) is 5.26 Å². The third kappa shape index (κ3) is 4.93. The number of nitriles is 1. The second-order valence-corrected chi connectivity index (χ2v) is 7.43. The highest BCUT2D eigenvalue weighted by Gasteiger charge is 2.43. The van der Waals surface area contributed by atoms with E-state index in [1.54, 1.807) is 36.1 Å². The van der Waals surface area contributed by atoms with E-state index in [0.717, 1.165) is 0 Å². The third-order valence-electron chi connectivity index (χ3n) is 5.28. The average Bonchev–Trinajstić information content (AvgIpc) is 2.67. The minimum Gasteiger partial charge on any atom is -0.491 e. The highest BCUT2D eigenvalue weighted by molar-refractivity contribution is 5.67. The Balaban J connectivity index is 1.48. The molecule has 2 aliphatic rings. The third-order valence-corrected chi connectivity index (χ3v) is 5.28. The topological polar surface area (TPSA) is 106 Å². The molecule has 152 valence electrons. The van der Waals surface area contributed by atoms with Crippen LogP contribution in [0.15, 0.2) is 24.3 Å². The molecule has 1 amide bonds. The molecule has 0 radical (unpaired) electrons. The predicted octanol–water partition coefficient (Wildman–Crippen LogP) is 0.679. The normalized spacial score (nSPS) is 25.6. The molecular weight excluding hydrogens is 362 g/mol. The number of fused-ring (bicyclic) bond motifs is 2. The van der Waals surface area contributed by atoms with Crippen LogP contribution < -0.4 is 4.74 Å². The molecule has 2 bridgehead atoms. The van der Waals surface area contributed by atoms with E-state index in [1.807, 2.05) is 6.07 Å². The van der Waals surface area contributed by atoms with Crippen LogP contribution in [0.3, 0.4) is 0 Å². The van der Waals surface area contributed by atoms with E-state index in [1.165, 1.54) is 0 Å². The lowest BCUT2D eigenvalue weighted by Gasteiger charge is -2.48. The number of hydrogen-bond acceptors (Lipinski definition) is 7. The summed E-state index contributed by atoms with van der Waals surface area (Å²) in [4.78, 5) is 15.8. The Morgan fingerprint density at radius 1 is 1.25 bits per heavy atom. The van der Waals surface area contributed by atoms with Gasteiger partial charge in [0.1, 0.15) is 18.5 Å². The maximum atomic E-state index is 12.0. The van der Waals surface area contributed by atoms with Crippen molar-refractivity contribution in [3.8, 4) is 11.8 Å². The Kier molecular flexibility index (Phi) is 6.73. The summed E-state index contributed by atoms with van der Waals surface area (Å²) in [6, 6.07) is 8.80. The summed E-state index contributed by atoms with van der Waals surface area (Å²) in [5, 5.41) is 29.6. The fourth-order valence-corrected chi connectivity index (χ4v) is 3.99. The Morgan fingerprint density at radius 3 is 2.46 bits per heavy atom. The number of benzene rings is 1. The van der Waals surface area contributed by atoms with Gasteiger partial charge in [0.05, 0.1) is 24.3 Å². The number of aliphatic hydroxyl groups is 2. The molecule has 8 nitrogen and oxygen atoms in total. The molecule has 0 spiro atoms. The van der Waals surface area contributed by atoms with Gasteiger partial charge in [-0.25, -0.2) is 4.79 Å². The highest BCUT2D eigenvalue weighted by Crippen LogP contribution is 2.29. The van der Waals surface area contributed by atoms with Crippen molar-refractivity contribution < 1.29 is 24.5 Å². The first-order valence-corrected chi connectivity index (χ1v) is 9.63. The molecule has 3 atom stereocenters. The SMILES string of the molecule is CCOC(=O)N1CC2CN(CC(O)COc3ccc(C#N)cc3)CC(C1)C2O. The van der Waals surface area contributed by atoms with Crippen LogP contribution in [0.1, 0.15) is 12.5 Å². The molecule has 28 heavy (non-hydrogen) atoms. The average molecular weight is 389 g/mol. The van der Waals surface area contributed by atoms with Crippen molar-refractivity contribution in [1.82, 2.24) is 9.80 Å². The van der Waals surface area contributed by atoms with Crippen LogP contribution in [-0.2, 0) is 4.74 Å². The van der Waals surface area contributed by atoms with Gasteiger partial charge in [0.2, 0.25) is 0 Å². The molecule has 2 N–H and O–H groups in total. The standard InChI is InChI=1S/C20H27N3O5/c1-2-27-20(26)23-10-15-8-22(9-16(11-23)19(15)25)12-17(24)13-28-18-5-3-14(7-21)4-6-18/h3-6,15-17,19,24-25H,2,8-13H2,1H3. The van der Waals surface area contributed by atoms with Crippen LogP contribution >= 0.6 is 0 Å². The van der Waals surface area contributed by atoms with E-state index in [4.69, 9.17) is 14.7 Å². The van der Waals surface area contributed by atoms with E-state index in [2.05, 4.69) is 4.90 Å². The predicted molar refractivity (Wildman–Crippen MR) is 101 cm³/mol. The maximum Gasteiger partial charge on any atom is 0.409 e. The number of carbonyl (C=O) groups excluding carboxylic acids is 1. The lowest BCUT2D eigenvalue weighted by molar-refractivity contribution is -0.0819.